The number of rotatable bonds is 6. The molecule has 150 valence electrons. The van der Waals surface area contributed by atoms with Crippen LogP contribution in [0.5, 0.6) is 5.75 Å². The van der Waals surface area contributed by atoms with Crippen LogP contribution in [0.2, 0.25) is 0 Å². The van der Waals surface area contributed by atoms with E-state index in [1.165, 1.54) is 13.3 Å². The van der Waals surface area contributed by atoms with Gasteiger partial charge >= 0.3 is 5.97 Å². The number of hydrogen-bond acceptors (Lipinski definition) is 7. The molecule has 4 aromatic rings. The van der Waals surface area contributed by atoms with Gasteiger partial charge in [-0.15, -0.1) is 11.8 Å². The highest BCUT2D eigenvalue weighted by atomic mass is 32.2. The summed E-state index contributed by atoms with van der Waals surface area (Å²) in [6.07, 6.45) is 3.22. The van der Waals surface area contributed by atoms with Crippen LogP contribution in [0.15, 0.2) is 66.1 Å². The van der Waals surface area contributed by atoms with Crippen molar-refractivity contribution in [1.29, 1.82) is 0 Å². The highest BCUT2D eigenvalue weighted by Crippen LogP contribution is 2.27. The first-order valence-corrected chi connectivity index (χ1v) is 10.0. The van der Waals surface area contributed by atoms with Crippen molar-refractivity contribution in [2.45, 2.75) is 17.7 Å². The number of benzene rings is 2. The van der Waals surface area contributed by atoms with E-state index in [1.807, 2.05) is 24.3 Å². The molecular formula is C21H17N5O3S. The molecule has 0 aliphatic heterocycles. The monoisotopic (exact) mass is 419 g/mol. The summed E-state index contributed by atoms with van der Waals surface area (Å²) >= 11 is 1.57. The van der Waals surface area contributed by atoms with E-state index >= 15 is 0 Å². The largest absolute Gasteiger partial charge is 0.427 e. The minimum absolute atomic E-state index is 0.245. The molecule has 0 unspecified atom stereocenters. The molecule has 0 aliphatic carbocycles. The van der Waals surface area contributed by atoms with Crippen molar-refractivity contribution >= 4 is 40.4 Å². The average Bonchev–Trinajstić information content (AvgIpc) is 3.22. The van der Waals surface area contributed by atoms with E-state index in [2.05, 4.69) is 25.5 Å². The lowest BCUT2D eigenvalue weighted by molar-refractivity contribution is -0.131. The fourth-order valence-corrected chi connectivity index (χ4v) is 3.70. The molecular weight excluding hydrogens is 402 g/mol. The van der Waals surface area contributed by atoms with E-state index in [0.29, 0.717) is 28.4 Å². The number of anilines is 1. The van der Waals surface area contributed by atoms with Gasteiger partial charge in [-0.05, 0) is 42.0 Å². The standard InChI is InChI=1S/C21H17N5O3S/c1-13(27)29-17-7-5-15(6-8-17)20(28)25-16-4-2-3-14(9-16)11-30-21-18-10-24-26-19(18)22-12-23-21/h2-10,12H,11H2,1H3,(H,25,28)(H,22,23,24,26). The molecule has 0 saturated carbocycles. The third kappa shape index (κ3) is 4.64. The Labute approximate surface area is 176 Å². The summed E-state index contributed by atoms with van der Waals surface area (Å²) in [5.41, 5.74) is 2.90. The third-order valence-corrected chi connectivity index (χ3v) is 5.23. The van der Waals surface area contributed by atoms with E-state index < -0.39 is 5.97 Å². The fourth-order valence-electron chi connectivity index (χ4n) is 2.79. The van der Waals surface area contributed by atoms with Crippen LogP contribution in [0.4, 0.5) is 5.69 Å². The number of carbonyl (C=O) groups is 2. The number of aromatic amines is 1. The Morgan fingerprint density at radius 3 is 2.77 bits per heavy atom. The van der Waals surface area contributed by atoms with Crippen molar-refractivity contribution in [2.24, 2.45) is 0 Å². The molecule has 0 aliphatic rings. The first-order chi connectivity index (χ1) is 14.6. The number of hydrogen-bond donors (Lipinski definition) is 2. The Kier molecular flexibility index (Phi) is 5.71. The minimum Gasteiger partial charge on any atom is -0.427 e. The topological polar surface area (TPSA) is 110 Å². The van der Waals surface area contributed by atoms with Crippen molar-refractivity contribution in [1.82, 2.24) is 20.2 Å². The van der Waals surface area contributed by atoms with Crippen molar-refractivity contribution in [3.8, 4) is 5.75 Å². The number of H-pyrrole nitrogens is 1. The second-order valence-corrected chi connectivity index (χ2v) is 7.34. The molecule has 1 amide bonds. The van der Waals surface area contributed by atoms with Gasteiger partial charge in [-0.1, -0.05) is 12.1 Å². The molecule has 4 rings (SSSR count). The molecule has 8 nitrogen and oxygen atoms in total. The summed E-state index contributed by atoms with van der Waals surface area (Å²) in [7, 11) is 0. The Morgan fingerprint density at radius 2 is 1.97 bits per heavy atom. The first-order valence-electron chi connectivity index (χ1n) is 9.04. The third-order valence-electron chi connectivity index (χ3n) is 4.15. The van der Waals surface area contributed by atoms with E-state index in [-0.39, 0.29) is 5.91 Å². The van der Waals surface area contributed by atoms with E-state index in [1.54, 1.807) is 42.2 Å². The van der Waals surface area contributed by atoms with Gasteiger partial charge in [-0.3, -0.25) is 14.7 Å². The molecule has 0 radical (unpaired) electrons. The number of esters is 1. The van der Waals surface area contributed by atoms with Gasteiger partial charge in [-0.2, -0.15) is 5.10 Å². The number of ether oxygens (including phenoxy) is 1. The van der Waals surface area contributed by atoms with Crippen molar-refractivity contribution in [3.05, 3.63) is 72.2 Å². The van der Waals surface area contributed by atoms with Crippen LogP contribution in [0.25, 0.3) is 11.0 Å². The van der Waals surface area contributed by atoms with Gasteiger partial charge in [0.1, 0.15) is 17.1 Å². The molecule has 2 N–H and O–H groups in total. The maximum Gasteiger partial charge on any atom is 0.308 e. The van der Waals surface area contributed by atoms with Crippen molar-refractivity contribution < 1.29 is 14.3 Å². The predicted molar refractivity (Wildman–Crippen MR) is 113 cm³/mol. The Bertz CT molecular complexity index is 1210. The fraction of sp³-hybridized carbons (Fsp3) is 0.0952. The normalized spacial score (nSPS) is 10.7. The van der Waals surface area contributed by atoms with Crippen molar-refractivity contribution in [2.75, 3.05) is 5.32 Å². The predicted octanol–water partition coefficient (Wildman–Crippen LogP) is 3.82. The molecule has 0 spiro atoms. The maximum atomic E-state index is 12.5. The highest BCUT2D eigenvalue weighted by molar-refractivity contribution is 7.98. The molecule has 2 heterocycles. The van der Waals surface area contributed by atoms with E-state index in [0.717, 1.165) is 16.0 Å². The van der Waals surface area contributed by atoms with Gasteiger partial charge in [0.25, 0.3) is 5.91 Å². The SMILES string of the molecule is CC(=O)Oc1ccc(C(=O)Nc2cccc(CSc3ncnc4[nH]ncc34)c2)cc1. The molecule has 0 bridgehead atoms. The van der Waals surface area contributed by atoms with Crippen LogP contribution >= 0.6 is 11.8 Å². The average molecular weight is 419 g/mol. The molecule has 9 heteroatoms. The number of carbonyl (C=O) groups excluding carboxylic acids is 2. The molecule has 30 heavy (non-hydrogen) atoms. The molecule has 0 saturated heterocycles. The number of aromatic nitrogens is 4. The Balaban J connectivity index is 1.41. The van der Waals surface area contributed by atoms with Crippen LogP contribution in [-0.2, 0) is 10.5 Å². The summed E-state index contributed by atoms with van der Waals surface area (Å²) in [6, 6.07) is 14.0. The zero-order chi connectivity index (χ0) is 20.9. The zero-order valence-electron chi connectivity index (χ0n) is 16.0. The number of thioether (sulfide) groups is 1. The lowest BCUT2D eigenvalue weighted by Crippen LogP contribution is -2.12. The summed E-state index contributed by atoms with van der Waals surface area (Å²) in [5, 5.41) is 11.4. The summed E-state index contributed by atoms with van der Waals surface area (Å²) in [4.78, 5) is 31.9. The van der Waals surface area contributed by atoms with E-state index in [4.69, 9.17) is 4.74 Å². The second-order valence-electron chi connectivity index (χ2n) is 6.37. The number of fused-ring (bicyclic) bond motifs is 1. The first kappa shape index (κ1) is 19.6. The zero-order valence-corrected chi connectivity index (χ0v) is 16.8. The number of amides is 1. The maximum absolute atomic E-state index is 12.5. The lowest BCUT2D eigenvalue weighted by atomic mass is 10.2. The highest BCUT2D eigenvalue weighted by Gasteiger charge is 2.09. The second kappa shape index (κ2) is 8.75. The Morgan fingerprint density at radius 1 is 1.13 bits per heavy atom. The van der Waals surface area contributed by atoms with Crippen LogP contribution in [0.3, 0.4) is 0 Å². The van der Waals surface area contributed by atoms with Gasteiger partial charge in [0.15, 0.2) is 5.65 Å². The Hall–Kier alpha value is -3.72. The van der Waals surface area contributed by atoms with Crippen molar-refractivity contribution in [3.63, 3.8) is 0 Å². The van der Waals surface area contributed by atoms with Crippen LogP contribution < -0.4 is 10.1 Å². The number of nitrogens with zero attached hydrogens (tertiary/aromatic N) is 3. The van der Waals surface area contributed by atoms with E-state index in [9.17, 15) is 9.59 Å². The number of nitrogens with one attached hydrogen (secondary N) is 2. The van der Waals surface area contributed by atoms with Gasteiger partial charge in [0.05, 0.1) is 11.6 Å². The van der Waals surface area contributed by atoms with Gasteiger partial charge < -0.3 is 10.1 Å². The smallest absolute Gasteiger partial charge is 0.308 e. The summed E-state index contributed by atoms with van der Waals surface area (Å²) in [5.74, 6) is 0.426. The quantitative estimate of drug-likeness (QED) is 0.212. The van der Waals surface area contributed by atoms with Crippen LogP contribution in [-0.4, -0.2) is 32.0 Å². The minimum atomic E-state index is -0.405. The van der Waals surface area contributed by atoms with Gasteiger partial charge in [0.2, 0.25) is 0 Å². The molecule has 2 aromatic heterocycles. The van der Waals surface area contributed by atoms with Crippen LogP contribution in [0.1, 0.15) is 22.8 Å². The molecule has 0 atom stereocenters. The van der Waals surface area contributed by atoms with Crippen LogP contribution in [0, 0.1) is 0 Å². The van der Waals surface area contributed by atoms with Gasteiger partial charge in [0, 0.05) is 23.9 Å². The molecule has 2 aromatic carbocycles. The van der Waals surface area contributed by atoms with Gasteiger partial charge in [-0.25, -0.2) is 9.97 Å². The summed E-state index contributed by atoms with van der Waals surface area (Å²) in [6.45, 7) is 1.33. The molecule has 0 fully saturated rings. The lowest BCUT2D eigenvalue weighted by Gasteiger charge is -2.08. The summed E-state index contributed by atoms with van der Waals surface area (Å²) < 4.78 is 4.98.